The summed E-state index contributed by atoms with van der Waals surface area (Å²) in [6.45, 7) is 0. The number of benzene rings is 1. The van der Waals surface area contributed by atoms with E-state index in [9.17, 15) is 12.8 Å². The number of sulfonamides is 1. The lowest BCUT2D eigenvalue weighted by molar-refractivity contribution is 0.580. The number of nitrogens with two attached hydrogens (primary N) is 1. The topological polar surface area (TPSA) is 90.9 Å². The van der Waals surface area contributed by atoms with E-state index in [0.717, 1.165) is 10.6 Å². The van der Waals surface area contributed by atoms with Gasteiger partial charge in [0.25, 0.3) is 15.2 Å². The zero-order chi connectivity index (χ0) is 13.5. The largest absolute Gasteiger partial charge is 0.300 e. The van der Waals surface area contributed by atoms with Crippen molar-refractivity contribution in [3.05, 3.63) is 29.0 Å². The van der Waals surface area contributed by atoms with E-state index in [1.807, 2.05) is 0 Å². The highest BCUT2D eigenvalue weighted by Gasteiger charge is 2.19. The maximum absolute atomic E-state index is 13.3. The summed E-state index contributed by atoms with van der Waals surface area (Å²) in [5, 5.41) is 11.7. The highest BCUT2D eigenvalue weighted by atomic mass is 35.5. The molecule has 2 aromatic rings. The number of primary sulfonamides is 1. The number of nitrogens with zero attached hydrogens (tertiary/aromatic N) is 3. The zero-order valence-electron chi connectivity index (χ0n) is 9.13. The van der Waals surface area contributed by atoms with Crippen molar-refractivity contribution in [2.45, 2.75) is 5.16 Å². The van der Waals surface area contributed by atoms with Crippen LogP contribution in [0, 0.1) is 5.82 Å². The molecule has 6 nitrogen and oxygen atoms in total. The number of halogens is 2. The fraction of sp³-hybridized carbons (Fsp3) is 0.111. The fourth-order valence-electron chi connectivity index (χ4n) is 1.45. The van der Waals surface area contributed by atoms with Crippen molar-refractivity contribution in [1.82, 2.24) is 14.8 Å². The summed E-state index contributed by atoms with van der Waals surface area (Å²) in [4.78, 5) is 0. The Morgan fingerprint density at radius 1 is 1.39 bits per heavy atom. The van der Waals surface area contributed by atoms with E-state index < -0.39 is 21.0 Å². The molecule has 0 saturated heterocycles. The molecule has 1 aromatic carbocycles. The molecule has 0 bridgehead atoms. The molecule has 0 saturated carbocycles. The van der Waals surface area contributed by atoms with Crippen molar-refractivity contribution in [1.29, 1.82) is 0 Å². The molecule has 0 aliphatic carbocycles. The van der Waals surface area contributed by atoms with Crippen LogP contribution in [0.4, 0.5) is 4.39 Å². The lowest BCUT2D eigenvalue weighted by atomic mass is 10.2. The lowest BCUT2D eigenvalue weighted by Gasteiger charge is -2.03. The molecule has 2 rings (SSSR count). The standard InChI is InChI=1S/C9H8ClFN4O2S/c1-15-8(13-14-9(15)18(12,16)17)5-2-3-6(10)7(11)4-5/h2-4H,1H3,(H2,12,16,17). The number of aromatic nitrogens is 3. The Morgan fingerprint density at radius 2 is 2.06 bits per heavy atom. The molecule has 0 amide bonds. The van der Waals surface area contributed by atoms with Crippen LogP contribution in [-0.4, -0.2) is 23.2 Å². The van der Waals surface area contributed by atoms with E-state index in [1.165, 1.54) is 19.2 Å². The van der Waals surface area contributed by atoms with Gasteiger partial charge in [0, 0.05) is 12.6 Å². The van der Waals surface area contributed by atoms with Crippen LogP contribution < -0.4 is 5.14 Å². The molecule has 0 unspecified atom stereocenters. The first-order valence-electron chi connectivity index (χ1n) is 4.68. The van der Waals surface area contributed by atoms with Crippen molar-refractivity contribution in [3.63, 3.8) is 0 Å². The van der Waals surface area contributed by atoms with Crippen molar-refractivity contribution in [2.24, 2.45) is 12.2 Å². The van der Waals surface area contributed by atoms with Crippen LogP contribution in [0.25, 0.3) is 11.4 Å². The summed E-state index contributed by atoms with van der Waals surface area (Å²) >= 11 is 5.55. The molecule has 18 heavy (non-hydrogen) atoms. The second-order valence-electron chi connectivity index (χ2n) is 3.54. The first-order chi connectivity index (χ1) is 8.30. The zero-order valence-corrected chi connectivity index (χ0v) is 10.7. The third-order valence-corrected chi connectivity index (χ3v) is 3.44. The van der Waals surface area contributed by atoms with Crippen LogP contribution in [0.5, 0.6) is 0 Å². The average Bonchev–Trinajstić information content (AvgIpc) is 2.64. The first kappa shape index (κ1) is 12.9. The van der Waals surface area contributed by atoms with Crippen LogP contribution in [0.3, 0.4) is 0 Å². The van der Waals surface area contributed by atoms with Crippen molar-refractivity contribution in [2.75, 3.05) is 0 Å². The van der Waals surface area contributed by atoms with Crippen molar-refractivity contribution < 1.29 is 12.8 Å². The summed E-state index contributed by atoms with van der Waals surface area (Å²) in [7, 11) is -2.55. The second-order valence-corrected chi connectivity index (χ2v) is 5.40. The highest BCUT2D eigenvalue weighted by molar-refractivity contribution is 7.89. The SMILES string of the molecule is Cn1c(-c2ccc(Cl)c(F)c2)nnc1S(N)(=O)=O. The molecular formula is C9H8ClFN4O2S. The molecule has 9 heteroatoms. The third kappa shape index (κ3) is 2.22. The maximum atomic E-state index is 13.3. The van der Waals surface area contributed by atoms with E-state index in [2.05, 4.69) is 10.2 Å². The van der Waals surface area contributed by atoms with Gasteiger partial charge >= 0.3 is 0 Å². The summed E-state index contributed by atoms with van der Waals surface area (Å²) in [5.74, 6) is -0.455. The smallest absolute Gasteiger partial charge is 0.273 e. The summed E-state index contributed by atoms with van der Waals surface area (Å²) < 4.78 is 36.8. The Kier molecular flexibility index (Phi) is 3.09. The minimum atomic E-state index is -3.97. The predicted octanol–water partition coefficient (Wildman–Crippen LogP) is 0.922. The lowest BCUT2D eigenvalue weighted by Crippen LogP contribution is -2.17. The molecule has 0 aliphatic rings. The van der Waals surface area contributed by atoms with Crippen LogP contribution in [-0.2, 0) is 17.1 Å². The fourth-order valence-corrected chi connectivity index (χ4v) is 2.19. The van der Waals surface area contributed by atoms with Gasteiger partial charge in [-0.1, -0.05) is 11.6 Å². The highest BCUT2D eigenvalue weighted by Crippen LogP contribution is 2.23. The van der Waals surface area contributed by atoms with Gasteiger partial charge in [-0.25, -0.2) is 17.9 Å². The Morgan fingerprint density at radius 3 is 2.56 bits per heavy atom. The summed E-state index contributed by atoms with van der Waals surface area (Å²) in [6.07, 6.45) is 0. The second kappa shape index (κ2) is 4.30. The van der Waals surface area contributed by atoms with Crippen molar-refractivity contribution in [3.8, 4) is 11.4 Å². The minimum Gasteiger partial charge on any atom is -0.300 e. The van der Waals surface area contributed by atoms with Gasteiger partial charge in [-0.3, -0.25) is 4.57 Å². The summed E-state index contributed by atoms with van der Waals surface area (Å²) in [5.41, 5.74) is 0.349. The van der Waals surface area contributed by atoms with Gasteiger partial charge in [0.1, 0.15) is 5.82 Å². The third-order valence-electron chi connectivity index (χ3n) is 2.27. The van der Waals surface area contributed by atoms with Gasteiger partial charge in [0.2, 0.25) is 0 Å². The Hall–Kier alpha value is -1.51. The molecule has 96 valence electrons. The van der Waals surface area contributed by atoms with Crippen LogP contribution in [0.2, 0.25) is 5.02 Å². The number of hydrogen-bond donors (Lipinski definition) is 1. The molecule has 0 radical (unpaired) electrons. The maximum Gasteiger partial charge on any atom is 0.273 e. The van der Waals surface area contributed by atoms with E-state index in [-0.39, 0.29) is 10.8 Å². The molecule has 2 N–H and O–H groups in total. The molecule has 0 fully saturated rings. The normalized spacial score (nSPS) is 11.8. The van der Waals surface area contributed by atoms with E-state index in [4.69, 9.17) is 16.7 Å². The van der Waals surface area contributed by atoms with Crippen LogP contribution >= 0.6 is 11.6 Å². The summed E-state index contributed by atoms with van der Waals surface area (Å²) in [6, 6.07) is 3.99. The Balaban J connectivity index is 2.59. The molecular weight excluding hydrogens is 283 g/mol. The average molecular weight is 291 g/mol. The van der Waals surface area contributed by atoms with Crippen LogP contribution in [0.1, 0.15) is 0 Å². The molecule has 0 aliphatic heterocycles. The van der Waals surface area contributed by atoms with E-state index in [1.54, 1.807) is 0 Å². The Labute approximate surface area is 107 Å². The molecule has 1 aromatic heterocycles. The van der Waals surface area contributed by atoms with Crippen molar-refractivity contribution >= 4 is 21.6 Å². The monoisotopic (exact) mass is 290 g/mol. The van der Waals surface area contributed by atoms with Gasteiger partial charge in [0.15, 0.2) is 5.82 Å². The predicted molar refractivity (Wildman–Crippen MR) is 62.8 cm³/mol. The first-order valence-corrected chi connectivity index (χ1v) is 6.61. The van der Waals surface area contributed by atoms with Gasteiger partial charge in [-0.05, 0) is 18.2 Å². The van der Waals surface area contributed by atoms with Gasteiger partial charge in [0.05, 0.1) is 5.02 Å². The van der Waals surface area contributed by atoms with Crippen LogP contribution in [0.15, 0.2) is 23.4 Å². The Bertz CT molecular complexity index is 713. The minimum absolute atomic E-state index is 0.0346. The quantitative estimate of drug-likeness (QED) is 0.890. The number of rotatable bonds is 2. The molecule has 0 spiro atoms. The molecule has 0 atom stereocenters. The van der Waals surface area contributed by atoms with Gasteiger partial charge < -0.3 is 0 Å². The van der Waals surface area contributed by atoms with Gasteiger partial charge in [-0.2, -0.15) is 0 Å². The molecule has 1 heterocycles. The van der Waals surface area contributed by atoms with E-state index >= 15 is 0 Å². The van der Waals surface area contributed by atoms with Gasteiger partial charge in [-0.15, -0.1) is 10.2 Å². The number of hydrogen-bond acceptors (Lipinski definition) is 4. The van der Waals surface area contributed by atoms with E-state index in [0.29, 0.717) is 5.56 Å².